The van der Waals surface area contributed by atoms with E-state index in [0.29, 0.717) is 5.92 Å². The number of aromatic nitrogens is 5. The van der Waals surface area contributed by atoms with Crippen LogP contribution in [0.4, 0.5) is 0 Å². The Bertz CT molecular complexity index is 1210. The minimum Gasteiger partial charge on any atom is -0.361 e. The molecule has 0 unspecified atom stereocenters. The van der Waals surface area contributed by atoms with Gasteiger partial charge in [-0.25, -0.2) is 9.97 Å². The van der Waals surface area contributed by atoms with Crippen molar-refractivity contribution in [2.24, 2.45) is 13.0 Å². The Morgan fingerprint density at radius 3 is 2.70 bits per heavy atom. The highest BCUT2D eigenvalue weighted by Crippen LogP contribution is 2.57. The van der Waals surface area contributed by atoms with Crippen LogP contribution in [-0.2, 0) is 25.3 Å². The van der Waals surface area contributed by atoms with E-state index in [4.69, 9.17) is 9.62 Å². The van der Waals surface area contributed by atoms with Crippen molar-refractivity contribution < 1.29 is 4.52 Å². The normalized spacial score (nSPS) is 24.7. The highest BCUT2D eigenvalue weighted by atomic mass is 16.5. The zero-order valence-electron chi connectivity index (χ0n) is 17.1. The number of hydrogen-bond acceptors (Lipinski definition) is 5. The predicted molar refractivity (Wildman–Crippen MR) is 112 cm³/mol. The van der Waals surface area contributed by atoms with Gasteiger partial charge in [0.2, 0.25) is 0 Å². The summed E-state index contributed by atoms with van der Waals surface area (Å²) in [5.41, 5.74) is 6.98. The molecule has 150 valence electrons. The van der Waals surface area contributed by atoms with Gasteiger partial charge < -0.3 is 4.52 Å². The molecule has 0 amide bonds. The van der Waals surface area contributed by atoms with Crippen molar-refractivity contribution in [2.45, 2.75) is 37.5 Å². The molecular formula is C24H23N5O. The summed E-state index contributed by atoms with van der Waals surface area (Å²) >= 11 is 0. The average molecular weight is 397 g/mol. The second-order valence-corrected chi connectivity index (χ2v) is 8.59. The highest BCUT2D eigenvalue weighted by molar-refractivity contribution is 5.66. The number of hydrogen-bond donors (Lipinski definition) is 0. The van der Waals surface area contributed by atoms with Gasteiger partial charge in [0.05, 0.1) is 17.6 Å². The van der Waals surface area contributed by atoms with E-state index in [9.17, 15) is 0 Å². The Morgan fingerprint density at radius 2 is 1.90 bits per heavy atom. The molecule has 1 aromatic carbocycles. The molecule has 3 atom stereocenters. The van der Waals surface area contributed by atoms with E-state index in [0.717, 1.165) is 36.3 Å². The third kappa shape index (κ3) is 2.24. The first-order valence-electron chi connectivity index (χ1n) is 10.5. The quantitative estimate of drug-likeness (QED) is 0.510. The average Bonchev–Trinajstić information content (AvgIpc) is 3.39. The van der Waals surface area contributed by atoms with Crippen molar-refractivity contribution in [2.75, 3.05) is 0 Å². The molecule has 4 aromatic rings. The number of aryl methyl sites for hydroxylation is 1. The lowest BCUT2D eigenvalue weighted by molar-refractivity contribution is 0.189. The van der Waals surface area contributed by atoms with Crippen molar-refractivity contribution >= 4 is 0 Å². The van der Waals surface area contributed by atoms with Gasteiger partial charge in [-0.15, -0.1) is 0 Å². The summed E-state index contributed by atoms with van der Waals surface area (Å²) in [5, 5.41) is 9.31. The van der Waals surface area contributed by atoms with Gasteiger partial charge in [-0.3, -0.25) is 4.68 Å². The van der Waals surface area contributed by atoms with Crippen molar-refractivity contribution in [3.8, 4) is 11.3 Å². The Balaban J connectivity index is 1.65. The molecule has 0 N–H and O–H groups in total. The summed E-state index contributed by atoms with van der Waals surface area (Å²) in [6, 6.07) is 10.9. The molecule has 0 radical (unpaired) electrons. The van der Waals surface area contributed by atoms with E-state index in [1.54, 1.807) is 6.33 Å². The van der Waals surface area contributed by atoms with Gasteiger partial charge in [-0.05, 0) is 30.7 Å². The standard InChI is InChI=1S/C24H23N5O/c1-15-20-9-8-19-21(17-11-25-14-26-12-17)29(2)28-23(19)24(20,18-6-4-3-5-7-18)10-16-13-27-30-22(15)16/h3-7,11-15,20H,8-10H2,1-2H3/t15-,20-,24+/m0/s1. The lowest BCUT2D eigenvalue weighted by atomic mass is 9.53. The van der Waals surface area contributed by atoms with Crippen LogP contribution >= 0.6 is 0 Å². The van der Waals surface area contributed by atoms with Crippen LogP contribution in [0.15, 0.2) is 59.8 Å². The Hall–Kier alpha value is -3.28. The highest BCUT2D eigenvalue weighted by Gasteiger charge is 2.54. The van der Waals surface area contributed by atoms with E-state index in [-0.39, 0.29) is 11.3 Å². The smallest absolute Gasteiger partial charge is 0.143 e. The number of nitrogens with zero attached hydrogens (tertiary/aromatic N) is 5. The monoisotopic (exact) mass is 397 g/mol. The summed E-state index contributed by atoms with van der Waals surface area (Å²) in [6.45, 7) is 2.28. The zero-order valence-corrected chi connectivity index (χ0v) is 17.1. The molecule has 30 heavy (non-hydrogen) atoms. The van der Waals surface area contributed by atoms with Crippen LogP contribution in [0.2, 0.25) is 0 Å². The third-order valence-electron chi connectivity index (χ3n) is 7.19. The number of benzene rings is 1. The maximum absolute atomic E-state index is 5.69. The fraction of sp³-hybridized carbons (Fsp3) is 0.333. The van der Waals surface area contributed by atoms with E-state index in [1.807, 2.05) is 30.3 Å². The zero-order chi connectivity index (χ0) is 20.3. The molecule has 0 aliphatic heterocycles. The molecule has 6 rings (SSSR count). The minimum absolute atomic E-state index is 0.196. The number of fused-ring (bicyclic) bond motifs is 4. The van der Waals surface area contributed by atoms with Gasteiger partial charge in [-0.2, -0.15) is 5.10 Å². The van der Waals surface area contributed by atoms with E-state index < -0.39 is 0 Å². The van der Waals surface area contributed by atoms with Gasteiger partial charge in [0.1, 0.15) is 12.1 Å². The van der Waals surface area contributed by atoms with Crippen LogP contribution in [0.25, 0.3) is 11.3 Å². The Morgan fingerprint density at radius 1 is 1.10 bits per heavy atom. The maximum atomic E-state index is 5.69. The Labute approximate surface area is 175 Å². The number of rotatable bonds is 2. The minimum atomic E-state index is -0.196. The lowest BCUT2D eigenvalue weighted by Crippen LogP contribution is -2.47. The van der Waals surface area contributed by atoms with Gasteiger partial charge >= 0.3 is 0 Å². The van der Waals surface area contributed by atoms with Crippen molar-refractivity contribution in [3.63, 3.8) is 0 Å². The van der Waals surface area contributed by atoms with Crippen molar-refractivity contribution in [1.82, 2.24) is 24.9 Å². The van der Waals surface area contributed by atoms with E-state index in [2.05, 4.69) is 52.4 Å². The summed E-state index contributed by atoms with van der Waals surface area (Å²) in [4.78, 5) is 8.50. The van der Waals surface area contributed by atoms with Crippen LogP contribution in [0.1, 0.15) is 47.4 Å². The van der Waals surface area contributed by atoms with Gasteiger partial charge in [0, 0.05) is 47.5 Å². The molecule has 2 aliphatic rings. The Kier molecular flexibility index (Phi) is 3.72. The fourth-order valence-corrected chi connectivity index (χ4v) is 6.01. The largest absolute Gasteiger partial charge is 0.361 e. The second-order valence-electron chi connectivity index (χ2n) is 8.59. The summed E-state index contributed by atoms with van der Waals surface area (Å²) < 4.78 is 7.71. The van der Waals surface area contributed by atoms with Crippen molar-refractivity contribution in [1.29, 1.82) is 0 Å². The van der Waals surface area contributed by atoms with Crippen LogP contribution in [0, 0.1) is 5.92 Å². The van der Waals surface area contributed by atoms with E-state index >= 15 is 0 Å². The maximum Gasteiger partial charge on any atom is 0.143 e. The SMILES string of the molecule is C[C@@H]1c2oncc2C[C@]2(c3ccccc3)c3nn(C)c(-c4cncnc4)c3CC[C@@H]12. The molecule has 0 saturated heterocycles. The van der Waals surface area contributed by atoms with Crippen molar-refractivity contribution in [3.05, 3.63) is 83.4 Å². The molecule has 3 aromatic heterocycles. The summed E-state index contributed by atoms with van der Waals surface area (Å²) in [7, 11) is 2.03. The molecule has 0 bridgehead atoms. The first-order chi connectivity index (χ1) is 14.7. The molecule has 0 spiro atoms. The van der Waals surface area contributed by atoms with Gasteiger partial charge in [0.25, 0.3) is 0 Å². The van der Waals surface area contributed by atoms with E-state index in [1.165, 1.54) is 22.4 Å². The first kappa shape index (κ1) is 17.6. The van der Waals surface area contributed by atoms with Crippen LogP contribution in [-0.4, -0.2) is 24.9 Å². The summed E-state index contributed by atoms with van der Waals surface area (Å²) in [6.07, 6.45) is 10.2. The molecule has 6 nitrogen and oxygen atoms in total. The topological polar surface area (TPSA) is 69.6 Å². The molecular weight excluding hydrogens is 374 g/mol. The summed E-state index contributed by atoms with van der Waals surface area (Å²) in [5.74, 6) is 1.74. The molecule has 6 heteroatoms. The predicted octanol–water partition coefficient (Wildman–Crippen LogP) is 4.07. The van der Waals surface area contributed by atoms with Crippen LogP contribution < -0.4 is 0 Å². The van der Waals surface area contributed by atoms with Crippen LogP contribution in [0.3, 0.4) is 0 Å². The second kappa shape index (κ2) is 6.36. The fourth-order valence-electron chi connectivity index (χ4n) is 6.01. The third-order valence-corrected chi connectivity index (χ3v) is 7.19. The molecule has 0 saturated carbocycles. The van der Waals surface area contributed by atoms with Gasteiger partial charge in [0.15, 0.2) is 0 Å². The molecule has 0 fully saturated rings. The van der Waals surface area contributed by atoms with Gasteiger partial charge in [-0.1, -0.05) is 42.4 Å². The first-order valence-corrected chi connectivity index (χ1v) is 10.5. The molecule has 3 heterocycles. The lowest BCUT2D eigenvalue weighted by Gasteiger charge is -2.48. The van der Waals surface area contributed by atoms with Crippen LogP contribution in [0.5, 0.6) is 0 Å². The molecule has 2 aliphatic carbocycles.